The molecule has 1 amide bonds. The van der Waals surface area contributed by atoms with Crippen LogP contribution in [0, 0.1) is 5.82 Å². The fraction of sp³-hybridized carbons (Fsp3) is 0.375. The lowest BCUT2D eigenvalue weighted by molar-refractivity contribution is -0.140. The molecule has 1 aliphatic rings. The Kier molecular flexibility index (Phi) is 6.70. The van der Waals surface area contributed by atoms with Crippen molar-refractivity contribution in [1.29, 1.82) is 0 Å². The SMILES string of the molecule is CC(C)Nc1ncc2ccc(C(=O)N[C@H](c3ccc(C(F)(F)F)c(F)c3)[C@@H]3CCCN3)cc2n1. The van der Waals surface area contributed by atoms with E-state index in [2.05, 4.69) is 25.9 Å². The highest BCUT2D eigenvalue weighted by Crippen LogP contribution is 2.33. The summed E-state index contributed by atoms with van der Waals surface area (Å²) < 4.78 is 53.3. The maximum absolute atomic E-state index is 14.3. The monoisotopic (exact) mass is 475 g/mol. The Balaban J connectivity index is 1.62. The third-order valence-electron chi connectivity index (χ3n) is 5.71. The van der Waals surface area contributed by atoms with Gasteiger partial charge in [-0.2, -0.15) is 13.2 Å². The van der Waals surface area contributed by atoms with E-state index in [1.54, 1.807) is 24.4 Å². The van der Waals surface area contributed by atoms with Gasteiger partial charge in [-0.05, 0) is 63.1 Å². The summed E-state index contributed by atoms with van der Waals surface area (Å²) in [6.07, 6.45) is -1.59. The van der Waals surface area contributed by atoms with Crippen molar-refractivity contribution in [3.63, 3.8) is 0 Å². The van der Waals surface area contributed by atoms with Crippen LogP contribution in [0.15, 0.2) is 42.6 Å². The smallest absolute Gasteiger partial charge is 0.352 e. The molecule has 6 nitrogen and oxygen atoms in total. The number of halogens is 4. The van der Waals surface area contributed by atoms with Crippen LogP contribution >= 0.6 is 0 Å². The molecule has 3 aromatic rings. The molecule has 4 rings (SSSR count). The van der Waals surface area contributed by atoms with E-state index in [1.807, 2.05) is 13.8 Å². The van der Waals surface area contributed by atoms with Gasteiger partial charge in [-0.25, -0.2) is 14.4 Å². The van der Waals surface area contributed by atoms with Gasteiger partial charge in [0.1, 0.15) is 5.82 Å². The molecule has 0 aliphatic carbocycles. The van der Waals surface area contributed by atoms with Gasteiger partial charge in [0.05, 0.1) is 17.1 Å². The summed E-state index contributed by atoms with van der Waals surface area (Å²) in [4.78, 5) is 21.8. The van der Waals surface area contributed by atoms with Crippen LogP contribution < -0.4 is 16.0 Å². The number of carbonyl (C=O) groups is 1. The molecule has 2 atom stereocenters. The lowest BCUT2D eigenvalue weighted by Crippen LogP contribution is -2.41. The van der Waals surface area contributed by atoms with E-state index in [4.69, 9.17) is 0 Å². The van der Waals surface area contributed by atoms with Crippen molar-refractivity contribution in [2.75, 3.05) is 11.9 Å². The third kappa shape index (κ3) is 5.27. The number of amides is 1. The molecule has 1 aliphatic heterocycles. The van der Waals surface area contributed by atoms with Gasteiger partial charge in [-0.1, -0.05) is 12.1 Å². The van der Waals surface area contributed by atoms with Crippen molar-refractivity contribution in [2.45, 2.75) is 51.0 Å². The number of nitrogens with one attached hydrogen (secondary N) is 3. The van der Waals surface area contributed by atoms with Gasteiger partial charge in [-0.3, -0.25) is 4.79 Å². The third-order valence-corrected chi connectivity index (χ3v) is 5.71. The molecule has 1 fully saturated rings. The molecular formula is C24H25F4N5O. The molecule has 0 saturated carbocycles. The van der Waals surface area contributed by atoms with E-state index in [0.29, 0.717) is 30.0 Å². The van der Waals surface area contributed by atoms with Gasteiger partial charge < -0.3 is 16.0 Å². The zero-order valence-corrected chi connectivity index (χ0v) is 18.7. The van der Waals surface area contributed by atoms with Crippen LogP contribution in [0.25, 0.3) is 10.9 Å². The van der Waals surface area contributed by atoms with E-state index < -0.39 is 29.5 Å². The van der Waals surface area contributed by atoms with Crippen molar-refractivity contribution in [2.24, 2.45) is 0 Å². The second kappa shape index (κ2) is 9.54. The first kappa shape index (κ1) is 23.9. The number of anilines is 1. The Labute approximate surface area is 194 Å². The van der Waals surface area contributed by atoms with Crippen LogP contribution in [0.4, 0.5) is 23.5 Å². The van der Waals surface area contributed by atoms with Crippen LogP contribution in [0.3, 0.4) is 0 Å². The lowest BCUT2D eigenvalue weighted by Gasteiger charge is -2.26. The van der Waals surface area contributed by atoms with Gasteiger partial charge in [-0.15, -0.1) is 0 Å². The van der Waals surface area contributed by atoms with Crippen LogP contribution in [-0.4, -0.2) is 34.5 Å². The van der Waals surface area contributed by atoms with E-state index in [1.165, 1.54) is 6.07 Å². The maximum Gasteiger partial charge on any atom is 0.419 e. The number of aromatic nitrogens is 2. The van der Waals surface area contributed by atoms with Crippen LogP contribution in [0.1, 0.15) is 54.2 Å². The van der Waals surface area contributed by atoms with Gasteiger partial charge >= 0.3 is 6.18 Å². The first-order valence-corrected chi connectivity index (χ1v) is 11.1. The first-order valence-electron chi connectivity index (χ1n) is 11.1. The Morgan fingerprint density at radius 1 is 1.18 bits per heavy atom. The summed E-state index contributed by atoms with van der Waals surface area (Å²) in [5.41, 5.74) is -0.162. The number of hydrogen-bond donors (Lipinski definition) is 3. The molecule has 3 N–H and O–H groups in total. The molecule has 1 aromatic heterocycles. The summed E-state index contributed by atoms with van der Waals surface area (Å²) >= 11 is 0. The van der Waals surface area contributed by atoms with Crippen molar-refractivity contribution in [3.8, 4) is 0 Å². The van der Waals surface area contributed by atoms with Crippen molar-refractivity contribution < 1.29 is 22.4 Å². The lowest BCUT2D eigenvalue weighted by atomic mass is 9.96. The van der Waals surface area contributed by atoms with Gasteiger partial charge in [0.25, 0.3) is 5.91 Å². The predicted octanol–water partition coefficient (Wildman–Crippen LogP) is 4.83. The second-order valence-electron chi connectivity index (χ2n) is 8.66. The number of alkyl halides is 3. The Hall–Kier alpha value is -3.27. The van der Waals surface area contributed by atoms with E-state index in [9.17, 15) is 22.4 Å². The highest BCUT2D eigenvalue weighted by atomic mass is 19.4. The zero-order chi connectivity index (χ0) is 24.5. The number of rotatable bonds is 6. The average molecular weight is 475 g/mol. The maximum atomic E-state index is 14.3. The fourth-order valence-corrected chi connectivity index (χ4v) is 4.08. The predicted molar refractivity (Wildman–Crippen MR) is 121 cm³/mol. The molecule has 0 radical (unpaired) electrons. The number of nitrogens with zero attached hydrogens (tertiary/aromatic N) is 2. The Morgan fingerprint density at radius 3 is 2.62 bits per heavy atom. The first-order chi connectivity index (χ1) is 16.1. The van der Waals surface area contributed by atoms with E-state index in [-0.39, 0.29) is 17.6 Å². The number of carbonyl (C=O) groups excluding carboxylic acids is 1. The van der Waals surface area contributed by atoms with Gasteiger partial charge in [0, 0.05) is 29.2 Å². The largest absolute Gasteiger partial charge is 0.419 e. The highest BCUT2D eigenvalue weighted by molar-refractivity contribution is 5.98. The topological polar surface area (TPSA) is 78.9 Å². The summed E-state index contributed by atoms with van der Waals surface area (Å²) in [6, 6.07) is 6.97. The minimum absolute atomic E-state index is 0.132. The quantitative estimate of drug-likeness (QED) is 0.445. The molecule has 34 heavy (non-hydrogen) atoms. The fourth-order valence-electron chi connectivity index (χ4n) is 4.08. The summed E-state index contributed by atoms with van der Waals surface area (Å²) in [5, 5.41) is 9.99. The summed E-state index contributed by atoms with van der Waals surface area (Å²) in [6.45, 7) is 4.62. The van der Waals surface area contributed by atoms with E-state index in [0.717, 1.165) is 23.9 Å². The van der Waals surface area contributed by atoms with Gasteiger partial charge in [0.15, 0.2) is 0 Å². The summed E-state index contributed by atoms with van der Waals surface area (Å²) in [5.74, 6) is -1.36. The van der Waals surface area contributed by atoms with E-state index >= 15 is 0 Å². The minimum atomic E-state index is -4.79. The Morgan fingerprint density at radius 2 is 1.97 bits per heavy atom. The van der Waals surface area contributed by atoms with Crippen molar-refractivity contribution in [3.05, 3.63) is 65.1 Å². The van der Waals surface area contributed by atoms with Crippen LogP contribution in [-0.2, 0) is 6.18 Å². The normalized spacial score (nSPS) is 17.2. The molecule has 1 saturated heterocycles. The second-order valence-corrected chi connectivity index (χ2v) is 8.66. The molecule has 2 heterocycles. The average Bonchev–Trinajstić information content (AvgIpc) is 3.30. The molecule has 0 bridgehead atoms. The number of benzene rings is 2. The van der Waals surface area contributed by atoms with Crippen molar-refractivity contribution in [1.82, 2.24) is 20.6 Å². The van der Waals surface area contributed by atoms with Crippen LogP contribution in [0.2, 0.25) is 0 Å². The van der Waals surface area contributed by atoms with Crippen LogP contribution in [0.5, 0.6) is 0 Å². The molecule has 0 spiro atoms. The summed E-state index contributed by atoms with van der Waals surface area (Å²) in [7, 11) is 0. The molecule has 180 valence electrons. The minimum Gasteiger partial charge on any atom is -0.352 e. The zero-order valence-electron chi connectivity index (χ0n) is 18.7. The molecular weight excluding hydrogens is 450 g/mol. The molecule has 10 heteroatoms. The Bertz CT molecular complexity index is 1190. The van der Waals surface area contributed by atoms with Gasteiger partial charge in [0.2, 0.25) is 5.95 Å². The standard InChI is InChI=1S/C24H25F4N5O/c1-13(2)31-23-30-12-16-6-5-15(11-20(16)32-23)22(34)33-21(19-4-3-9-29-19)14-7-8-17(18(25)10-14)24(26,27)28/h5-8,10-13,19,21,29H,3-4,9H2,1-2H3,(H,33,34)(H,30,31,32)/t19-,21+/m0/s1. The number of hydrogen-bond acceptors (Lipinski definition) is 5. The molecule has 0 unspecified atom stereocenters. The van der Waals surface area contributed by atoms with Crippen molar-refractivity contribution >= 4 is 22.8 Å². The highest BCUT2D eigenvalue weighted by Gasteiger charge is 2.35. The molecule has 2 aromatic carbocycles. The number of fused-ring (bicyclic) bond motifs is 1.